The third kappa shape index (κ3) is 3.12. The van der Waals surface area contributed by atoms with E-state index in [9.17, 15) is 8.78 Å². The van der Waals surface area contributed by atoms with Gasteiger partial charge in [0, 0.05) is 10.6 Å². The van der Waals surface area contributed by atoms with Crippen molar-refractivity contribution < 1.29 is 8.78 Å². The van der Waals surface area contributed by atoms with Crippen LogP contribution in [-0.2, 0) is 5.41 Å². The minimum Gasteiger partial charge on any atom is -0.398 e. The molecule has 0 bridgehead atoms. The average molecular weight is 293 g/mol. The van der Waals surface area contributed by atoms with E-state index in [-0.39, 0.29) is 16.0 Å². The van der Waals surface area contributed by atoms with Gasteiger partial charge < -0.3 is 5.73 Å². The molecule has 0 fully saturated rings. The van der Waals surface area contributed by atoms with Crippen molar-refractivity contribution in [1.82, 2.24) is 0 Å². The first kappa shape index (κ1) is 14.9. The van der Waals surface area contributed by atoms with Crippen molar-refractivity contribution in [1.29, 1.82) is 0 Å². The number of hydrogen-bond acceptors (Lipinski definition) is 2. The van der Waals surface area contributed by atoms with Gasteiger partial charge >= 0.3 is 0 Å². The molecule has 0 atom stereocenters. The topological polar surface area (TPSA) is 26.0 Å². The first-order valence-corrected chi connectivity index (χ1v) is 7.12. The Morgan fingerprint density at radius 2 is 1.55 bits per heavy atom. The Balaban J connectivity index is 2.30. The van der Waals surface area contributed by atoms with E-state index in [1.54, 1.807) is 0 Å². The molecule has 106 valence electrons. The second-order valence-corrected chi connectivity index (χ2v) is 6.74. The fourth-order valence-electron chi connectivity index (χ4n) is 1.79. The molecule has 2 N–H and O–H groups in total. The summed E-state index contributed by atoms with van der Waals surface area (Å²) in [5.41, 5.74) is 7.21. The molecule has 0 saturated carbocycles. The quantitative estimate of drug-likeness (QED) is 0.789. The van der Waals surface area contributed by atoms with Gasteiger partial charge in [-0.05, 0) is 35.2 Å². The maximum absolute atomic E-state index is 13.7. The van der Waals surface area contributed by atoms with Crippen LogP contribution in [-0.4, -0.2) is 0 Å². The van der Waals surface area contributed by atoms with E-state index in [0.717, 1.165) is 22.7 Å². The fourth-order valence-corrected chi connectivity index (χ4v) is 2.67. The third-order valence-corrected chi connectivity index (χ3v) is 4.15. The molecule has 2 rings (SSSR count). The van der Waals surface area contributed by atoms with Crippen LogP contribution in [0.15, 0.2) is 46.2 Å². The van der Waals surface area contributed by atoms with Crippen molar-refractivity contribution in [3.8, 4) is 0 Å². The Morgan fingerprint density at radius 1 is 0.950 bits per heavy atom. The Kier molecular flexibility index (Phi) is 4.04. The van der Waals surface area contributed by atoms with Crippen LogP contribution >= 0.6 is 11.8 Å². The molecule has 0 heterocycles. The largest absolute Gasteiger partial charge is 0.398 e. The average Bonchev–Trinajstić information content (AvgIpc) is 2.39. The van der Waals surface area contributed by atoms with Gasteiger partial charge in [-0.1, -0.05) is 44.7 Å². The van der Waals surface area contributed by atoms with Crippen molar-refractivity contribution in [2.24, 2.45) is 0 Å². The van der Waals surface area contributed by atoms with Gasteiger partial charge in [0.05, 0.1) is 4.90 Å². The summed E-state index contributed by atoms with van der Waals surface area (Å²) in [5.74, 6) is -1.78. The summed E-state index contributed by atoms with van der Waals surface area (Å²) in [7, 11) is 0. The maximum Gasteiger partial charge on any atom is 0.174 e. The van der Waals surface area contributed by atoms with Crippen molar-refractivity contribution >= 4 is 17.4 Å². The molecule has 2 aromatic rings. The smallest absolute Gasteiger partial charge is 0.174 e. The summed E-state index contributed by atoms with van der Waals surface area (Å²) in [4.78, 5) is 0.961. The van der Waals surface area contributed by atoms with E-state index < -0.39 is 11.6 Å². The molecule has 0 aliphatic heterocycles. The molecule has 0 saturated heterocycles. The van der Waals surface area contributed by atoms with Gasteiger partial charge in [-0.3, -0.25) is 0 Å². The predicted octanol–water partition coefficient (Wildman–Crippen LogP) is 5.00. The molecule has 1 nitrogen and oxygen atoms in total. The van der Waals surface area contributed by atoms with Gasteiger partial charge in [-0.25, -0.2) is 8.78 Å². The third-order valence-electron chi connectivity index (χ3n) is 3.02. The summed E-state index contributed by atoms with van der Waals surface area (Å²) < 4.78 is 27.0. The van der Waals surface area contributed by atoms with E-state index in [1.807, 2.05) is 24.3 Å². The Bertz CT molecular complexity index is 616. The van der Waals surface area contributed by atoms with Crippen molar-refractivity contribution in [2.45, 2.75) is 36.0 Å². The van der Waals surface area contributed by atoms with E-state index in [1.165, 1.54) is 11.6 Å². The lowest BCUT2D eigenvalue weighted by molar-refractivity contribution is 0.492. The van der Waals surface area contributed by atoms with Crippen LogP contribution in [0.1, 0.15) is 26.3 Å². The van der Waals surface area contributed by atoms with Crippen LogP contribution in [0.25, 0.3) is 0 Å². The van der Waals surface area contributed by atoms with Gasteiger partial charge in [-0.2, -0.15) is 0 Å². The number of benzene rings is 2. The zero-order valence-electron chi connectivity index (χ0n) is 11.7. The zero-order chi connectivity index (χ0) is 14.9. The number of halogens is 2. The Morgan fingerprint density at radius 3 is 2.10 bits per heavy atom. The van der Waals surface area contributed by atoms with Gasteiger partial charge in [0.1, 0.15) is 0 Å². The maximum atomic E-state index is 13.7. The lowest BCUT2D eigenvalue weighted by Gasteiger charge is -2.19. The van der Waals surface area contributed by atoms with Crippen LogP contribution < -0.4 is 5.73 Å². The SMILES string of the molecule is CC(C)(C)c1ccc(Sc2c(N)ccc(F)c2F)cc1. The van der Waals surface area contributed by atoms with Gasteiger partial charge in [0.25, 0.3) is 0 Å². The van der Waals surface area contributed by atoms with E-state index in [2.05, 4.69) is 20.8 Å². The first-order valence-electron chi connectivity index (χ1n) is 6.31. The van der Waals surface area contributed by atoms with Crippen LogP contribution in [0.5, 0.6) is 0 Å². The number of nitrogen functional groups attached to an aromatic ring is 1. The summed E-state index contributed by atoms with van der Waals surface area (Å²) in [5, 5.41) is 0. The van der Waals surface area contributed by atoms with E-state index in [4.69, 9.17) is 5.73 Å². The highest BCUT2D eigenvalue weighted by Crippen LogP contribution is 2.36. The highest BCUT2D eigenvalue weighted by atomic mass is 32.2. The summed E-state index contributed by atoms with van der Waals surface area (Å²) in [6.45, 7) is 6.37. The molecule has 4 heteroatoms. The summed E-state index contributed by atoms with van der Waals surface area (Å²) in [6, 6.07) is 10.2. The molecule has 0 radical (unpaired) electrons. The minimum atomic E-state index is -0.894. The summed E-state index contributed by atoms with van der Waals surface area (Å²) >= 11 is 1.13. The lowest BCUT2D eigenvalue weighted by Crippen LogP contribution is -2.10. The summed E-state index contributed by atoms with van der Waals surface area (Å²) in [6.07, 6.45) is 0. The molecule has 0 aliphatic carbocycles. The Labute approximate surface area is 122 Å². The van der Waals surface area contributed by atoms with Crippen LogP contribution in [0, 0.1) is 11.6 Å². The monoisotopic (exact) mass is 293 g/mol. The molecule has 2 aromatic carbocycles. The number of rotatable bonds is 2. The van der Waals surface area contributed by atoms with Crippen LogP contribution in [0.3, 0.4) is 0 Å². The zero-order valence-corrected chi connectivity index (χ0v) is 12.5. The first-order chi connectivity index (χ1) is 9.29. The van der Waals surface area contributed by atoms with Gasteiger partial charge in [-0.15, -0.1) is 0 Å². The lowest BCUT2D eigenvalue weighted by atomic mass is 9.87. The molecule has 0 aromatic heterocycles. The molecule has 0 amide bonds. The normalized spacial score (nSPS) is 11.7. The van der Waals surface area contributed by atoms with Crippen molar-refractivity contribution in [3.63, 3.8) is 0 Å². The molecule has 20 heavy (non-hydrogen) atoms. The van der Waals surface area contributed by atoms with Gasteiger partial charge in [0.2, 0.25) is 0 Å². The van der Waals surface area contributed by atoms with E-state index in [0.29, 0.717) is 0 Å². The molecular weight excluding hydrogens is 276 g/mol. The highest BCUT2D eigenvalue weighted by Gasteiger charge is 2.15. The second-order valence-electron chi connectivity index (χ2n) is 5.66. The minimum absolute atomic E-state index is 0.0618. The predicted molar refractivity (Wildman–Crippen MR) is 80.0 cm³/mol. The van der Waals surface area contributed by atoms with Crippen molar-refractivity contribution in [2.75, 3.05) is 5.73 Å². The van der Waals surface area contributed by atoms with Crippen molar-refractivity contribution in [3.05, 3.63) is 53.6 Å². The Hall–Kier alpha value is -1.55. The molecule has 0 aliphatic rings. The molecule has 0 unspecified atom stereocenters. The number of nitrogens with two attached hydrogens (primary N) is 1. The van der Waals surface area contributed by atoms with Crippen LogP contribution in [0.4, 0.5) is 14.5 Å². The fraction of sp³-hybridized carbons (Fsp3) is 0.250. The molecule has 0 spiro atoms. The standard InChI is InChI=1S/C16H17F2NS/c1-16(2,3)10-4-6-11(7-5-10)20-15-13(19)9-8-12(17)14(15)18/h4-9H,19H2,1-3H3. The van der Waals surface area contributed by atoms with Gasteiger partial charge in [0.15, 0.2) is 11.6 Å². The second kappa shape index (κ2) is 5.44. The number of anilines is 1. The van der Waals surface area contributed by atoms with E-state index >= 15 is 0 Å². The highest BCUT2D eigenvalue weighted by molar-refractivity contribution is 7.99. The molecular formula is C16H17F2NS. The van der Waals surface area contributed by atoms with Crippen LogP contribution in [0.2, 0.25) is 0 Å². The number of hydrogen-bond donors (Lipinski definition) is 1.